The zero-order valence-electron chi connectivity index (χ0n) is 7.93. The number of rotatable bonds is 3. The molecule has 0 aliphatic carbocycles. The number of benzene rings is 1. The number of hydrogen-bond donors (Lipinski definition) is 1. The van der Waals surface area contributed by atoms with E-state index in [2.05, 4.69) is 15.9 Å². The molecule has 1 rings (SSSR count). The Labute approximate surface area is 94.0 Å². The summed E-state index contributed by atoms with van der Waals surface area (Å²) in [6.07, 6.45) is 0.0417. The second kappa shape index (κ2) is 4.70. The molecule has 0 radical (unpaired) electrons. The molecule has 1 N–H and O–H groups in total. The first-order valence-corrected chi connectivity index (χ1v) is 5.08. The summed E-state index contributed by atoms with van der Waals surface area (Å²) >= 11 is 2.76. The maximum absolute atomic E-state index is 13.4. The Morgan fingerprint density at radius 1 is 1.53 bits per heavy atom. The van der Waals surface area contributed by atoms with Crippen LogP contribution in [0.2, 0.25) is 0 Å². The monoisotopic (exact) mass is 278 g/mol. The quantitative estimate of drug-likeness (QED) is 0.863. The van der Waals surface area contributed by atoms with Crippen molar-refractivity contribution >= 4 is 21.9 Å². The minimum Gasteiger partial charge on any atom is -0.481 e. The number of hydrogen-bond acceptors (Lipinski definition) is 1. The highest BCUT2D eigenvalue weighted by atomic mass is 79.9. The highest BCUT2D eigenvalue weighted by Gasteiger charge is 2.17. The van der Waals surface area contributed by atoms with Gasteiger partial charge in [-0.15, -0.1) is 0 Å². The van der Waals surface area contributed by atoms with Crippen molar-refractivity contribution in [3.63, 3.8) is 0 Å². The Morgan fingerprint density at radius 2 is 2.13 bits per heavy atom. The lowest BCUT2D eigenvalue weighted by Crippen LogP contribution is -2.13. The molecule has 0 fully saturated rings. The summed E-state index contributed by atoms with van der Waals surface area (Å²) in [5.41, 5.74) is 0.193. The summed E-state index contributed by atoms with van der Waals surface area (Å²) in [6, 6.07) is 2.37. The van der Waals surface area contributed by atoms with Crippen LogP contribution in [-0.2, 0) is 11.2 Å². The van der Waals surface area contributed by atoms with E-state index >= 15 is 0 Å². The number of halogens is 3. The molecule has 1 atom stereocenters. The van der Waals surface area contributed by atoms with Gasteiger partial charge in [-0.1, -0.05) is 13.0 Å². The van der Waals surface area contributed by atoms with Gasteiger partial charge < -0.3 is 5.11 Å². The predicted octanol–water partition coefficient (Wildman–Crippen LogP) is 2.99. The molecule has 0 aliphatic heterocycles. The zero-order valence-corrected chi connectivity index (χ0v) is 9.51. The predicted molar refractivity (Wildman–Crippen MR) is 54.6 cm³/mol. The van der Waals surface area contributed by atoms with E-state index in [-0.39, 0.29) is 16.5 Å². The van der Waals surface area contributed by atoms with Crippen molar-refractivity contribution < 1.29 is 18.7 Å². The molecule has 0 aromatic heterocycles. The Kier molecular flexibility index (Phi) is 3.79. The SMILES string of the molecule is CC(Cc1ccc(F)c(Br)c1F)C(=O)O. The van der Waals surface area contributed by atoms with Gasteiger partial charge in [0.15, 0.2) is 0 Å². The van der Waals surface area contributed by atoms with Crippen molar-refractivity contribution in [3.05, 3.63) is 33.8 Å². The summed E-state index contributed by atoms with van der Waals surface area (Å²) in [6.45, 7) is 1.47. The fourth-order valence-corrected chi connectivity index (χ4v) is 1.53. The van der Waals surface area contributed by atoms with Gasteiger partial charge in [0.25, 0.3) is 0 Å². The van der Waals surface area contributed by atoms with Crippen LogP contribution >= 0.6 is 15.9 Å². The average molecular weight is 279 g/mol. The summed E-state index contributed by atoms with van der Waals surface area (Å²) in [4.78, 5) is 10.6. The van der Waals surface area contributed by atoms with Gasteiger partial charge in [0.1, 0.15) is 11.6 Å². The molecule has 0 spiro atoms. The van der Waals surface area contributed by atoms with Crippen molar-refractivity contribution in [3.8, 4) is 0 Å². The molecule has 1 aromatic carbocycles. The maximum atomic E-state index is 13.4. The first-order chi connectivity index (χ1) is 6.93. The van der Waals surface area contributed by atoms with Gasteiger partial charge in [0.2, 0.25) is 0 Å². The van der Waals surface area contributed by atoms with Crippen LogP contribution in [0.1, 0.15) is 12.5 Å². The highest BCUT2D eigenvalue weighted by molar-refractivity contribution is 9.10. The molecule has 0 bridgehead atoms. The van der Waals surface area contributed by atoms with Crippen LogP contribution in [0.15, 0.2) is 16.6 Å². The van der Waals surface area contributed by atoms with Gasteiger partial charge in [0.05, 0.1) is 10.4 Å². The summed E-state index contributed by atoms with van der Waals surface area (Å²) in [5, 5.41) is 8.65. The van der Waals surface area contributed by atoms with Crippen LogP contribution in [0, 0.1) is 17.6 Å². The lowest BCUT2D eigenvalue weighted by atomic mass is 10.0. The van der Waals surface area contributed by atoms with Crippen LogP contribution in [0.3, 0.4) is 0 Å². The molecule has 2 nitrogen and oxygen atoms in total. The van der Waals surface area contributed by atoms with E-state index in [0.717, 1.165) is 6.07 Å². The van der Waals surface area contributed by atoms with Gasteiger partial charge in [0, 0.05) is 0 Å². The van der Waals surface area contributed by atoms with Crippen LogP contribution in [0.5, 0.6) is 0 Å². The van der Waals surface area contributed by atoms with E-state index in [1.54, 1.807) is 0 Å². The summed E-state index contributed by atoms with van der Waals surface area (Å²) in [5.74, 6) is -3.13. The fourth-order valence-electron chi connectivity index (χ4n) is 1.14. The van der Waals surface area contributed by atoms with Crippen molar-refractivity contribution in [2.45, 2.75) is 13.3 Å². The number of carboxylic acids is 1. The molecular formula is C10H9BrF2O2. The second-order valence-electron chi connectivity index (χ2n) is 3.28. The molecule has 15 heavy (non-hydrogen) atoms. The Hall–Kier alpha value is -0.970. The standard InChI is InChI=1S/C10H9BrF2O2/c1-5(10(14)15)4-6-2-3-7(12)8(11)9(6)13/h2-3,5H,4H2,1H3,(H,14,15). The lowest BCUT2D eigenvalue weighted by molar-refractivity contribution is -0.141. The van der Waals surface area contributed by atoms with Crippen LogP contribution in [-0.4, -0.2) is 11.1 Å². The van der Waals surface area contributed by atoms with Crippen molar-refractivity contribution in [1.82, 2.24) is 0 Å². The molecule has 0 saturated heterocycles. The zero-order chi connectivity index (χ0) is 11.6. The van der Waals surface area contributed by atoms with Crippen LogP contribution in [0.4, 0.5) is 8.78 Å². The van der Waals surface area contributed by atoms with E-state index in [4.69, 9.17) is 5.11 Å². The molecule has 82 valence electrons. The minimum atomic E-state index is -1.00. The maximum Gasteiger partial charge on any atom is 0.306 e. The first kappa shape index (κ1) is 12.1. The Bertz CT molecular complexity index is 393. The Morgan fingerprint density at radius 3 is 2.67 bits per heavy atom. The Balaban J connectivity index is 2.97. The van der Waals surface area contributed by atoms with Gasteiger partial charge in [-0.3, -0.25) is 4.79 Å². The topological polar surface area (TPSA) is 37.3 Å². The van der Waals surface area contributed by atoms with Crippen molar-refractivity contribution in [2.75, 3.05) is 0 Å². The molecule has 0 saturated carbocycles. The van der Waals surface area contributed by atoms with Gasteiger partial charge in [-0.2, -0.15) is 0 Å². The van der Waals surface area contributed by atoms with Gasteiger partial charge in [-0.05, 0) is 34.0 Å². The first-order valence-electron chi connectivity index (χ1n) is 4.28. The molecule has 0 heterocycles. The average Bonchev–Trinajstić information content (AvgIpc) is 2.18. The highest BCUT2D eigenvalue weighted by Crippen LogP contribution is 2.24. The third-order valence-electron chi connectivity index (χ3n) is 2.06. The van der Waals surface area contributed by atoms with E-state index in [0.29, 0.717) is 0 Å². The number of aliphatic carboxylic acids is 1. The van der Waals surface area contributed by atoms with Crippen molar-refractivity contribution in [1.29, 1.82) is 0 Å². The van der Waals surface area contributed by atoms with Crippen LogP contribution < -0.4 is 0 Å². The van der Waals surface area contributed by atoms with E-state index in [1.807, 2.05) is 0 Å². The van der Waals surface area contributed by atoms with Gasteiger partial charge >= 0.3 is 5.97 Å². The third kappa shape index (κ3) is 2.75. The fraction of sp³-hybridized carbons (Fsp3) is 0.300. The molecule has 1 unspecified atom stereocenters. The van der Waals surface area contributed by atoms with Crippen LogP contribution in [0.25, 0.3) is 0 Å². The molecular weight excluding hydrogens is 270 g/mol. The normalized spacial score (nSPS) is 12.5. The molecule has 0 aliphatic rings. The third-order valence-corrected chi connectivity index (χ3v) is 2.79. The minimum absolute atomic E-state index is 0.0417. The lowest BCUT2D eigenvalue weighted by Gasteiger charge is -2.08. The van der Waals surface area contributed by atoms with E-state index in [1.165, 1.54) is 13.0 Å². The largest absolute Gasteiger partial charge is 0.481 e. The molecule has 0 amide bonds. The summed E-state index contributed by atoms with van der Waals surface area (Å²) in [7, 11) is 0. The van der Waals surface area contributed by atoms with Gasteiger partial charge in [-0.25, -0.2) is 8.78 Å². The smallest absolute Gasteiger partial charge is 0.306 e. The van der Waals surface area contributed by atoms with E-state index < -0.39 is 23.5 Å². The number of carbonyl (C=O) groups is 1. The number of carboxylic acid groups (broad SMARTS) is 1. The van der Waals surface area contributed by atoms with Crippen molar-refractivity contribution in [2.24, 2.45) is 5.92 Å². The summed E-state index contributed by atoms with van der Waals surface area (Å²) < 4.78 is 26.0. The second-order valence-corrected chi connectivity index (χ2v) is 4.07. The van der Waals surface area contributed by atoms with E-state index in [9.17, 15) is 13.6 Å². The molecule has 5 heteroatoms. The molecule has 1 aromatic rings.